The fraction of sp³-hybridized carbons (Fsp3) is 0.529. The molecule has 0 radical (unpaired) electrons. The normalized spacial score (nSPS) is 16.9. The van der Waals surface area contributed by atoms with E-state index in [0.717, 1.165) is 37.0 Å². The van der Waals surface area contributed by atoms with Crippen molar-refractivity contribution in [3.8, 4) is 5.75 Å². The summed E-state index contributed by atoms with van der Waals surface area (Å²) in [6, 6.07) is 6.15. The Hall–Kier alpha value is -1.88. The molecule has 3 rings (SSSR count). The van der Waals surface area contributed by atoms with Gasteiger partial charge in [0.15, 0.2) is 5.82 Å². The number of rotatable bonds is 5. The molecule has 5 nitrogen and oxygen atoms in total. The van der Waals surface area contributed by atoms with E-state index in [1.165, 1.54) is 5.56 Å². The highest BCUT2D eigenvalue weighted by Gasteiger charge is 2.35. The van der Waals surface area contributed by atoms with Crippen LogP contribution in [0.3, 0.4) is 0 Å². The molecular formula is C17H23N3O2. The molecule has 118 valence electrons. The van der Waals surface area contributed by atoms with Gasteiger partial charge < -0.3 is 15.0 Å². The number of aromatic nitrogens is 2. The second kappa shape index (κ2) is 6.08. The van der Waals surface area contributed by atoms with Crippen molar-refractivity contribution in [2.75, 3.05) is 6.61 Å². The molecule has 0 saturated heterocycles. The van der Waals surface area contributed by atoms with E-state index in [1.807, 2.05) is 19.1 Å². The van der Waals surface area contributed by atoms with Crippen molar-refractivity contribution in [1.29, 1.82) is 0 Å². The third kappa shape index (κ3) is 3.14. The van der Waals surface area contributed by atoms with E-state index < -0.39 is 5.54 Å². The first-order chi connectivity index (χ1) is 10.6. The minimum Gasteiger partial charge on any atom is -0.493 e. The summed E-state index contributed by atoms with van der Waals surface area (Å²) >= 11 is 0. The first-order valence-corrected chi connectivity index (χ1v) is 7.89. The molecule has 0 amide bonds. The van der Waals surface area contributed by atoms with Gasteiger partial charge in [0.25, 0.3) is 0 Å². The summed E-state index contributed by atoms with van der Waals surface area (Å²) in [4.78, 5) is 4.45. The van der Waals surface area contributed by atoms with E-state index in [2.05, 4.69) is 23.1 Å². The third-order valence-electron chi connectivity index (χ3n) is 4.31. The van der Waals surface area contributed by atoms with Crippen LogP contribution in [-0.2, 0) is 12.0 Å². The molecule has 0 atom stereocenters. The van der Waals surface area contributed by atoms with E-state index in [-0.39, 0.29) is 0 Å². The minimum atomic E-state index is -0.393. The van der Waals surface area contributed by atoms with Crippen molar-refractivity contribution in [2.24, 2.45) is 5.73 Å². The number of hydrogen-bond acceptors (Lipinski definition) is 5. The molecule has 0 spiro atoms. The molecule has 1 saturated carbocycles. The summed E-state index contributed by atoms with van der Waals surface area (Å²) in [5, 5.41) is 4.06. The lowest BCUT2D eigenvalue weighted by Gasteiger charge is -2.17. The average Bonchev–Trinajstić information content (AvgIpc) is 3.11. The first kappa shape index (κ1) is 15.0. The highest BCUT2D eigenvalue weighted by Crippen LogP contribution is 2.34. The third-order valence-corrected chi connectivity index (χ3v) is 4.31. The number of ether oxygens (including phenoxy) is 1. The fourth-order valence-corrected chi connectivity index (χ4v) is 3.00. The zero-order valence-electron chi connectivity index (χ0n) is 13.3. The smallest absolute Gasteiger partial charge is 0.230 e. The van der Waals surface area contributed by atoms with Crippen LogP contribution in [-0.4, -0.2) is 16.7 Å². The Morgan fingerprint density at radius 2 is 2.05 bits per heavy atom. The van der Waals surface area contributed by atoms with Gasteiger partial charge >= 0.3 is 0 Å². The average molecular weight is 301 g/mol. The van der Waals surface area contributed by atoms with Gasteiger partial charge in [-0.05, 0) is 38.3 Å². The zero-order valence-corrected chi connectivity index (χ0v) is 13.3. The topological polar surface area (TPSA) is 74.2 Å². The maximum Gasteiger partial charge on any atom is 0.230 e. The molecule has 22 heavy (non-hydrogen) atoms. The SMILES string of the molecule is Cc1ccc(OCCc2nc(C3(N)CCCC3)no2)c(C)c1. The number of benzene rings is 1. The zero-order chi connectivity index (χ0) is 15.6. The molecule has 5 heteroatoms. The van der Waals surface area contributed by atoms with Crippen LogP contribution < -0.4 is 10.5 Å². The van der Waals surface area contributed by atoms with E-state index in [0.29, 0.717) is 24.7 Å². The van der Waals surface area contributed by atoms with Crippen LogP contribution in [0.5, 0.6) is 5.75 Å². The van der Waals surface area contributed by atoms with Crippen LogP contribution >= 0.6 is 0 Å². The monoisotopic (exact) mass is 301 g/mol. The van der Waals surface area contributed by atoms with Gasteiger partial charge in [-0.1, -0.05) is 35.7 Å². The summed E-state index contributed by atoms with van der Waals surface area (Å²) < 4.78 is 11.1. The Kier molecular flexibility index (Phi) is 4.16. The van der Waals surface area contributed by atoms with Gasteiger partial charge in [-0.15, -0.1) is 0 Å². The molecule has 1 aliphatic carbocycles. The number of hydrogen-bond donors (Lipinski definition) is 1. The van der Waals surface area contributed by atoms with Crippen LogP contribution in [0.2, 0.25) is 0 Å². The Morgan fingerprint density at radius 1 is 1.27 bits per heavy atom. The highest BCUT2D eigenvalue weighted by molar-refractivity contribution is 5.35. The van der Waals surface area contributed by atoms with Crippen molar-refractivity contribution in [1.82, 2.24) is 10.1 Å². The molecule has 0 aliphatic heterocycles. The largest absolute Gasteiger partial charge is 0.493 e. The van der Waals surface area contributed by atoms with Crippen molar-refractivity contribution in [3.63, 3.8) is 0 Å². The maximum atomic E-state index is 6.33. The van der Waals surface area contributed by atoms with Crippen LogP contribution in [0.4, 0.5) is 0 Å². The van der Waals surface area contributed by atoms with E-state index in [4.69, 9.17) is 15.0 Å². The predicted octanol–water partition coefficient (Wildman–Crippen LogP) is 3.04. The molecule has 1 fully saturated rings. The lowest BCUT2D eigenvalue weighted by Crippen LogP contribution is -2.34. The van der Waals surface area contributed by atoms with Gasteiger partial charge in [0.05, 0.1) is 18.6 Å². The van der Waals surface area contributed by atoms with Gasteiger partial charge in [-0.25, -0.2) is 0 Å². The molecule has 1 aliphatic rings. The minimum absolute atomic E-state index is 0.393. The molecule has 1 heterocycles. The number of nitrogens with two attached hydrogens (primary N) is 1. The molecular weight excluding hydrogens is 278 g/mol. The van der Waals surface area contributed by atoms with Gasteiger partial charge in [0, 0.05) is 0 Å². The summed E-state index contributed by atoms with van der Waals surface area (Å²) in [6.45, 7) is 4.64. The second-order valence-corrected chi connectivity index (χ2v) is 6.24. The highest BCUT2D eigenvalue weighted by atomic mass is 16.5. The summed E-state index contributed by atoms with van der Waals surface area (Å²) in [6.07, 6.45) is 4.73. The van der Waals surface area contributed by atoms with Crippen molar-refractivity contribution < 1.29 is 9.26 Å². The van der Waals surface area contributed by atoms with Crippen LogP contribution in [0, 0.1) is 13.8 Å². The van der Waals surface area contributed by atoms with E-state index in [9.17, 15) is 0 Å². The lowest BCUT2D eigenvalue weighted by molar-refractivity contribution is 0.288. The second-order valence-electron chi connectivity index (χ2n) is 6.24. The lowest BCUT2D eigenvalue weighted by atomic mass is 9.99. The molecule has 2 N–H and O–H groups in total. The molecule has 1 aromatic heterocycles. The van der Waals surface area contributed by atoms with Crippen molar-refractivity contribution in [2.45, 2.75) is 51.5 Å². The van der Waals surface area contributed by atoms with Gasteiger partial charge in [-0.2, -0.15) is 4.98 Å². The Balaban J connectivity index is 1.57. The molecule has 0 unspecified atom stereocenters. The van der Waals surface area contributed by atoms with Crippen molar-refractivity contribution >= 4 is 0 Å². The Labute approximate surface area is 130 Å². The fourth-order valence-electron chi connectivity index (χ4n) is 3.00. The Bertz CT molecular complexity index is 645. The van der Waals surface area contributed by atoms with E-state index in [1.54, 1.807) is 0 Å². The number of nitrogens with zero attached hydrogens (tertiary/aromatic N) is 2. The van der Waals surface area contributed by atoms with Crippen LogP contribution in [0.15, 0.2) is 22.7 Å². The Morgan fingerprint density at radius 3 is 2.77 bits per heavy atom. The summed E-state index contributed by atoms with van der Waals surface area (Å²) in [7, 11) is 0. The standard InChI is InChI=1S/C17H23N3O2/c1-12-5-6-14(13(2)11-12)21-10-7-15-19-16(20-22-15)17(18)8-3-4-9-17/h5-6,11H,3-4,7-10,18H2,1-2H3. The summed E-state index contributed by atoms with van der Waals surface area (Å²) in [5.41, 5.74) is 8.31. The predicted molar refractivity (Wildman–Crippen MR) is 83.7 cm³/mol. The maximum absolute atomic E-state index is 6.33. The molecule has 1 aromatic carbocycles. The quantitative estimate of drug-likeness (QED) is 0.918. The van der Waals surface area contributed by atoms with Gasteiger partial charge in [-0.3, -0.25) is 0 Å². The van der Waals surface area contributed by atoms with Crippen LogP contribution in [0.25, 0.3) is 0 Å². The van der Waals surface area contributed by atoms with Crippen LogP contribution in [0.1, 0.15) is 48.5 Å². The summed E-state index contributed by atoms with van der Waals surface area (Å²) in [5.74, 6) is 2.14. The molecule has 2 aromatic rings. The van der Waals surface area contributed by atoms with E-state index >= 15 is 0 Å². The number of aryl methyl sites for hydroxylation is 2. The van der Waals surface area contributed by atoms with Crippen molar-refractivity contribution in [3.05, 3.63) is 41.0 Å². The van der Waals surface area contributed by atoms with Gasteiger partial charge in [0.2, 0.25) is 5.89 Å². The molecule has 0 bridgehead atoms. The van der Waals surface area contributed by atoms with Gasteiger partial charge in [0.1, 0.15) is 5.75 Å². The first-order valence-electron chi connectivity index (χ1n) is 7.89.